The molecule has 0 radical (unpaired) electrons. The highest BCUT2D eigenvalue weighted by Gasteiger charge is 2.18. The maximum Gasteiger partial charge on any atom is 0.261 e. The van der Waals surface area contributed by atoms with Gasteiger partial charge in [0, 0.05) is 43.7 Å². The van der Waals surface area contributed by atoms with E-state index in [0.717, 1.165) is 47.0 Å². The van der Waals surface area contributed by atoms with Crippen LogP contribution in [-0.4, -0.2) is 41.1 Å². The second-order valence-electron chi connectivity index (χ2n) is 10.9. The molecule has 0 bridgehead atoms. The van der Waals surface area contributed by atoms with Crippen molar-refractivity contribution in [1.82, 2.24) is 19.9 Å². The number of anilines is 1. The summed E-state index contributed by atoms with van der Waals surface area (Å²) in [5.41, 5.74) is 4.29. The number of aryl methyl sites for hydroxylation is 1. The number of hydrogen-bond donors (Lipinski definition) is 3. The van der Waals surface area contributed by atoms with Gasteiger partial charge in [-0.2, -0.15) is 0 Å². The molecule has 2 aromatic heterocycles. The van der Waals surface area contributed by atoms with Crippen molar-refractivity contribution in [2.75, 3.05) is 17.8 Å². The van der Waals surface area contributed by atoms with E-state index in [-0.39, 0.29) is 4.90 Å². The Morgan fingerprint density at radius 3 is 2.46 bits per heavy atom. The molecule has 1 fully saturated rings. The molecule has 1 aliphatic rings. The molecule has 4 aromatic rings. The molecule has 0 aliphatic heterocycles. The smallest absolute Gasteiger partial charge is 0.261 e. The number of nitrogens with zero attached hydrogens (tertiary/aromatic N) is 3. The number of sulfonamides is 1. The lowest BCUT2D eigenvalue weighted by Crippen LogP contribution is -2.23. The maximum atomic E-state index is 13.0. The van der Waals surface area contributed by atoms with Gasteiger partial charge >= 0.3 is 0 Å². The minimum atomic E-state index is -3.72. The van der Waals surface area contributed by atoms with Gasteiger partial charge in [-0.25, -0.2) is 13.4 Å². The first-order valence-electron chi connectivity index (χ1n) is 14.4. The third-order valence-corrected chi connectivity index (χ3v) is 9.40. The summed E-state index contributed by atoms with van der Waals surface area (Å²) in [6.07, 6.45) is 12.9. The first kappa shape index (κ1) is 29.0. The average molecular weight is 574 g/mol. The number of rotatable bonds is 13. The molecule has 0 spiro atoms. The van der Waals surface area contributed by atoms with Gasteiger partial charge in [0.05, 0.1) is 22.9 Å². The Bertz CT molecular complexity index is 1500. The second-order valence-corrected chi connectivity index (χ2v) is 12.6. The molecule has 1 aliphatic carbocycles. The quantitative estimate of drug-likeness (QED) is 0.188. The number of hydrogen-bond acceptors (Lipinski definition) is 6. The third kappa shape index (κ3) is 7.61. The fourth-order valence-electron chi connectivity index (χ4n) is 5.50. The van der Waals surface area contributed by atoms with E-state index in [1.54, 1.807) is 42.7 Å². The molecule has 1 atom stereocenters. The van der Waals surface area contributed by atoms with Crippen molar-refractivity contribution in [2.45, 2.75) is 55.9 Å². The third-order valence-electron chi connectivity index (χ3n) is 8.00. The lowest BCUT2D eigenvalue weighted by molar-refractivity contribution is 0.174. The van der Waals surface area contributed by atoms with Crippen molar-refractivity contribution in [3.63, 3.8) is 0 Å². The first-order chi connectivity index (χ1) is 19.9. The van der Waals surface area contributed by atoms with Crippen LogP contribution >= 0.6 is 0 Å². The van der Waals surface area contributed by atoms with Crippen molar-refractivity contribution in [2.24, 2.45) is 13.0 Å². The van der Waals surface area contributed by atoms with E-state index in [0.29, 0.717) is 18.8 Å². The zero-order valence-corrected chi connectivity index (χ0v) is 24.4. The van der Waals surface area contributed by atoms with Crippen molar-refractivity contribution in [3.8, 4) is 11.3 Å². The van der Waals surface area contributed by atoms with Crippen LogP contribution in [0.1, 0.15) is 55.2 Å². The number of aromatic nitrogens is 3. The Balaban J connectivity index is 1.12. The van der Waals surface area contributed by atoms with Crippen LogP contribution in [0, 0.1) is 5.92 Å². The number of aliphatic hydroxyl groups is 1. The van der Waals surface area contributed by atoms with E-state index in [4.69, 9.17) is 0 Å². The van der Waals surface area contributed by atoms with Crippen LogP contribution in [0.3, 0.4) is 0 Å². The summed E-state index contributed by atoms with van der Waals surface area (Å²) in [6, 6.07) is 18.0. The van der Waals surface area contributed by atoms with Crippen molar-refractivity contribution < 1.29 is 13.5 Å². The first-order valence-corrected chi connectivity index (χ1v) is 15.9. The van der Waals surface area contributed by atoms with Gasteiger partial charge in [-0.15, -0.1) is 0 Å². The number of benzene rings is 2. The van der Waals surface area contributed by atoms with Crippen molar-refractivity contribution in [3.05, 3.63) is 96.2 Å². The van der Waals surface area contributed by atoms with E-state index in [1.165, 1.54) is 32.1 Å². The van der Waals surface area contributed by atoms with Crippen LogP contribution in [0.15, 0.2) is 84.1 Å². The van der Waals surface area contributed by atoms with Gasteiger partial charge in [0.25, 0.3) is 10.0 Å². The van der Waals surface area contributed by atoms with Crippen LogP contribution in [0.2, 0.25) is 0 Å². The Hall–Kier alpha value is -3.53. The highest BCUT2D eigenvalue weighted by molar-refractivity contribution is 7.92. The molecule has 5 rings (SSSR count). The topological polar surface area (TPSA) is 109 Å². The molecule has 3 N–H and O–H groups in total. The van der Waals surface area contributed by atoms with Crippen molar-refractivity contribution >= 4 is 15.7 Å². The molecule has 9 heteroatoms. The van der Waals surface area contributed by atoms with E-state index in [2.05, 4.69) is 24.6 Å². The van der Waals surface area contributed by atoms with Gasteiger partial charge in [0.15, 0.2) is 0 Å². The maximum absolute atomic E-state index is 13.0. The molecule has 0 saturated heterocycles. The number of aliphatic hydroxyl groups excluding tert-OH is 1. The molecule has 2 aromatic carbocycles. The zero-order chi connectivity index (χ0) is 28.7. The van der Waals surface area contributed by atoms with Crippen LogP contribution in [-0.2, 0) is 29.9 Å². The highest BCUT2D eigenvalue weighted by atomic mass is 32.2. The highest BCUT2D eigenvalue weighted by Crippen LogP contribution is 2.29. The summed E-state index contributed by atoms with van der Waals surface area (Å²) >= 11 is 0. The Morgan fingerprint density at radius 2 is 1.76 bits per heavy atom. The van der Waals surface area contributed by atoms with Crippen LogP contribution in [0.25, 0.3) is 11.3 Å². The summed E-state index contributed by atoms with van der Waals surface area (Å²) in [5.74, 6) is 1.90. The molecular weight excluding hydrogens is 534 g/mol. The van der Waals surface area contributed by atoms with Gasteiger partial charge in [0.1, 0.15) is 5.82 Å². The van der Waals surface area contributed by atoms with Gasteiger partial charge in [-0.1, -0.05) is 56.0 Å². The molecule has 0 amide bonds. The fraction of sp³-hybridized carbons (Fsp3) is 0.375. The molecule has 2 heterocycles. The largest absolute Gasteiger partial charge is 0.387 e. The molecule has 216 valence electrons. The van der Waals surface area contributed by atoms with Gasteiger partial charge in [0.2, 0.25) is 0 Å². The fourth-order valence-corrected chi connectivity index (χ4v) is 6.56. The summed E-state index contributed by atoms with van der Waals surface area (Å²) in [4.78, 5) is 8.89. The number of nitrogens with one attached hydrogen (secondary N) is 2. The Morgan fingerprint density at radius 1 is 1.00 bits per heavy atom. The van der Waals surface area contributed by atoms with Gasteiger partial charge in [-0.05, 0) is 66.8 Å². The lowest BCUT2D eigenvalue weighted by atomic mass is 10.0. The summed E-state index contributed by atoms with van der Waals surface area (Å²) < 4.78 is 30.9. The van der Waals surface area contributed by atoms with E-state index in [9.17, 15) is 13.5 Å². The molecule has 8 nitrogen and oxygen atoms in total. The predicted molar refractivity (Wildman–Crippen MR) is 162 cm³/mol. The summed E-state index contributed by atoms with van der Waals surface area (Å²) in [5, 5.41) is 13.5. The Labute approximate surface area is 242 Å². The second kappa shape index (κ2) is 13.4. The van der Waals surface area contributed by atoms with E-state index < -0.39 is 16.1 Å². The SMILES string of the molecule is Cn1c(-c2ccc(S(=O)(=O)Nc3ccc(CCNCC(O)c4cccnc4)cc3)cc2)cnc1CCC1CCCC1. The van der Waals surface area contributed by atoms with E-state index >= 15 is 0 Å². The standard InChI is InChI=1S/C32H39N5O3S/c1-37-30(22-35-32(37)17-10-24-5-2-3-6-24)26-11-15-29(16-12-26)41(39,40)36-28-13-8-25(9-14-28)18-20-34-23-31(38)27-7-4-19-33-21-27/h4,7-9,11-16,19,21-22,24,31,34,36,38H,2-3,5-6,10,17-18,20,23H2,1H3. The molecule has 1 saturated carbocycles. The Kier molecular flexibility index (Phi) is 9.49. The molecular formula is C32H39N5O3S. The lowest BCUT2D eigenvalue weighted by Gasteiger charge is -2.12. The molecule has 1 unspecified atom stereocenters. The van der Waals surface area contributed by atoms with E-state index in [1.807, 2.05) is 43.6 Å². The van der Waals surface area contributed by atoms with Gasteiger partial charge in [-0.3, -0.25) is 9.71 Å². The minimum absolute atomic E-state index is 0.213. The monoisotopic (exact) mass is 573 g/mol. The van der Waals surface area contributed by atoms with Gasteiger partial charge < -0.3 is 15.0 Å². The summed E-state index contributed by atoms with van der Waals surface area (Å²) in [6.45, 7) is 1.12. The average Bonchev–Trinajstić information content (AvgIpc) is 3.65. The number of imidazole rings is 1. The zero-order valence-electron chi connectivity index (χ0n) is 23.5. The number of pyridine rings is 1. The predicted octanol–water partition coefficient (Wildman–Crippen LogP) is 5.27. The van der Waals surface area contributed by atoms with Crippen LogP contribution < -0.4 is 10.0 Å². The summed E-state index contributed by atoms with van der Waals surface area (Å²) in [7, 11) is -1.69. The van der Waals surface area contributed by atoms with Crippen LogP contribution in [0.4, 0.5) is 5.69 Å². The normalized spacial score (nSPS) is 14.8. The molecule has 41 heavy (non-hydrogen) atoms. The minimum Gasteiger partial charge on any atom is -0.387 e. The van der Waals surface area contributed by atoms with Crippen molar-refractivity contribution in [1.29, 1.82) is 0 Å². The van der Waals surface area contributed by atoms with Crippen LogP contribution in [0.5, 0.6) is 0 Å².